The molecule has 37 heavy (non-hydrogen) atoms. The first-order chi connectivity index (χ1) is 17.0. The largest absolute Gasteiger partial charge is 0.399 e. The minimum Gasteiger partial charge on any atom is -0.349 e. The standard InChI is InChI=1S/C23H18Cl3F8NOS/c1-11(9-37-10-22(29,30)31)35-21(36)14-4-2-12(6-15(14)20(27)28)3-5-16(23(32,33)34)13-7-17(24)19(26)18(25)8-13/h2-8,11,16,20H,9-10H2,1H3,(H,35,36)/b5-3+. The summed E-state index contributed by atoms with van der Waals surface area (Å²) >= 11 is 18.0. The van der Waals surface area contributed by atoms with Crippen LogP contribution in [0.15, 0.2) is 36.4 Å². The lowest BCUT2D eigenvalue weighted by molar-refractivity contribution is -0.139. The molecule has 14 heteroatoms. The van der Waals surface area contributed by atoms with Gasteiger partial charge >= 0.3 is 12.4 Å². The van der Waals surface area contributed by atoms with E-state index in [1.165, 1.54) is 6.92 Å². The van der Waals surface area contributed by atoms with Gasteiger partial charge in [-0.15, -0.1) is 0 Å². The van der Waals surface area contributed by atoms with E-state index in [4.69, 9.17) is 34.8 Å². The van der Waals surface area contributed by atoms with Crippen LogP contribution < -0.4 is 5.32 Å². The fourth-order valence-corrected chi connectivity index (χ4v) is 4.54. The summed E-state index contributed by atoms with van der Waals surface area (Å²) in [5.74, 6) is -4.41. The minimum atomic E-state index is -4.79. The van der Waals surface area contributed by atoms with Gasteiger partial charge < -0.3 is 5.32 Å². The maximum absolute atomic E-state index is 13.7. The monoisotopic (exact) mass is 613 g/mol. The molecule has 2 aromatic rings. The zero-order valence-corrected chi connectivity index (χ0v) is 21.7. The van der Waals surface area contributed by atoms with Gasteiger partial charge in [0.25, 0.3) is 12.3 Å². The van der Waals surface area contributed by atoms with Crippen molar-refractivity contribution in [3.8, 4) is 0 Å². The Balaban J connectivity index is 2.27. The predicted octanol–water partition coefficient (Wildman–Crippen LogP) is 9.36. The highest BCUT2D eigenvalue weighted by atomic mass is 35.5. The summed E-state index contributed by atoms with van der Waals surface area (Å²) in [6.45, 7) is 1.41. The first kappa shape index (κ1) is 31.5. The molecule has 0 aliphatic carbocycles. The molecule has 0 radical (unpaired) electrons. The molecule has 2 nitrogen and oxygen atoms in total. The lowest BCUT2D eigenvalue weighted by Crippen LogP contribution is -2.35. The van der Waals surface area contributed by atoms with Crippen molar-refractivity contribution in [2.24, 2.45) is 0 Å². The van der Waals surface area contributed by atoms with Crippen LogP contribution in [0.5, 0.6) is 0 Å². The molecule has 0 aromatic heterocycles. The zero-order chi connectivity index (χ0) is 28.1. The summed E-state index contributed by atoms with van der Waals surface area (Å²) in [5.41, 5.74) is -1.59. The molecule has 2 atom stereocenters. The van der Waals surface area contributed by atoms with Crippen molar-refractivity contribution < 1.29 is 39.9 Å². The van der Waals surface area contributed by atoms with E-state index in [1.54, 1.807) is 0 Å². The number of rotatable bonds is 9. The number of carbonyl (C=O) groups is 1. The van der Waals surface area contributed by atoms with E-state index in [9.17, 15) is 39.9 Å². The Morgan fingerprint density at radius 2 is 1.62 bits per heavy atom. The van der Waals surface area contributed by atoms with Gasteiger partial charge in [-0.2, -0.15) is 38.1 Å². The molecule has 2 rings (SSSR count). The summed E-state index contributed by atoms with van der Waals surface area (Å²) in [6.07, 6.45) is -10.7. The van der Waals surface area contributed by atoms with Gasteiger partial charge in [0.05, 0.1) is 26.7 Å². The van der Waals surface area contributed by atoms with E-state index < -0.39 is 53.5 Å². The highest BCUT2D eigenvalue weighted by molar-refractivity contribution is 7.99. The molecule has 2 unspecified atom stereocenters. The van der Waals surface area contributed by atoms with E-state index >= 15 is 0 Å². The fraction of sp³-hybridized carbons (Fsp3) is 0.348. The van der Waals surface area contributed by atoms with Crippen LogP contribution >= 0.6 is 46.6 Å². The minimum absolute atomic E-state index is 0.0546. The van der Waals surface area contributed by atoms with Crippen molar-refractivity contribution in [3.63, 3.8) is 0 Å². The van der Waals surface area contributed by atoms with Crippen molar-refractivity contribution in [2.75, 3.05) is 11.5 Å². The van der Waals surface area contributed by atoms with E-state index in [0.29, 0.717) is 11.8 Å². The van der Waals surface area contributed by atoms with Crippen LogP contribution in [0.2, 0.25) is 15.1 Å². The summed E-state index contributed by atoms with van der Waals surface area (Å²) in [6, 6.07) is 4.24. The second kappa shape index (κ2) is 12.9. The van der Waals surface area contributed by atoms with Crippen LogP contribution in [0.4, 0.5) is 35.1 Å². The van der Waals surface area contributed by atoms with E-state index in [-0.39, 0.29) is 31.9 Å². The molecule has 0 bridgehead atoms. The Bertz CT molecular complexity index is 1110. The summed E-state index contributed by atoms with van der Waals surface area (Å²) in [4.78, 5) is 12.4. The van der Waals surface area contributed by atoms with Gasteiger partial charge in [0.15, 0.2) is 0 Å². The Hall–Kier alpha value is -1.69. The maximum Gasteiger partial charge on any atom is 0.399 e. The number of alkyl halides is 8. The quantitative estimate of drug-likeness (QED) is 0.225. The van der Waals surface area contributed by atoms with Crippen LogP contribution in [-0.2, 0) is 0 Å². The molecule has 2 aromatic carbocycles. The third-order valence-electron chi connectivity index (χ3n) is 4.77. The Morgan fingerprint density at radius 1 is 1.03 bits per heavy atom. The van der Waals surface area contributed by atoms with Crippen LogP contribution in [0, 0.1) is 0 Å². The molecule has 0 fully saturated rings. The van der Waals surface area contributed by atoms with Gasteiger partial charge in [0.1, 0.15) is 0 Å². The molecule has 0 heterocycles. The first-order valence-electron chi connectivity index (χ1n) is 10.3. The number of hydrogen-bond acceptors (Lipinski definition) is 2. The number of benzene rings is 2. The average molecular weight is 615 g/mol. The molecule has 204 valence electrons. The van der Waals surface area contributed by atoms with Crippen LogP contribution in [-0.4, -0.2) is 35.8 Å². The van der Waals surface area contributed by atoms with Crippen molar-refractivity contribution >= 4 is 58.5 Å². The summed E-state index contributed by atoms with van der Waals surface area (Å²) in [5, 5.41) is 1.82. The third-order valence-corrected chi connectivity index (χ3v) is 7.23. The maximum atomic E-state index is 13.7. The molecule has 0 saturated heterocycles. The predicted molar refractivity (Wildman–Crippen MR) is 131 cm³/mol. The van der Waals surface area contributed by atoms with Gasteiger partial charge in [-0.3, -0.25) is 4.79 Å². The molecular weight excluding hydrogens is 597 g/mol. The van der Waals surface area contributed by atoms with Gasteiger partial charge in [0, 0.05) is 22.9 Å². The summed E-state index contributed by atoms with van der Waals surface area (Å²) < 4.78 is 105. The molecular formula is C23H18Cl3F8NOS. The highest BCUT2D eigenvalue weighted by Crippen LogP contribution is 2.41. The topological polar surface area (TPSA) is 29.1 Å². The van der Waals surface area contributed by atoms with Gasteiger partial charge in [-0.1, -0.05) is 53.0 Å². The lowest BCUT2D eigenvalue weighted by Gasteiger charge is -2.19. The number of allylic oxidation sites excluding steroid dienone is 1. The molecule has 0 saturated carbocycles. The van der Waals surface area contributed by atoms with Gasteiger partial charge in [0.2, 0.25) is 0 Å². The Kier molecular flexibility index (Phi) is 11.0. The van der Waals surface area contributed by atoms with Crippen LogP contribution in [0.1, 0.15) is 46.3 Å². The second-order valence-corrected chi connectivity index (χ2v) is 10.1. The van der Waals surface area contributed by atoms with Crippen molar-refractivity contribution in [1.82, 2.24) is 5.32 Å². The normalized spacial score (nSPS) is 14.3. The number of hydrogen-bond donors (Lipinski definition) is 1. The van der Waals surface area contributed by atoms with E-state index in [2.05, 4.69) is 5.32 Å². The molecule has 0 aliphatic heterocycles. The number of carbonyl (C=O) groups excluding carboxylic acids is 1. The number of nitrogens with one attached hydrogen (secondary N) is 1. The van der Waals surface area contributed by atoms with E-state index in [0.717, 1.165) is 42.5 Å². The molecule has 1 amide bonds. The van der Waals surface area contributed by atoms with E-state index in [1.807, 2.05) is 0 Å². The number of amides is 1. The average Bonchev–Trinajstić information content (AvgIpc) is 2.75. The molecule has 0 aliphatic rings. The molecule has 0 spiro atoms. The first-order valence-corrected chi connectivity index (χ1v) is 12.5. The highest BCUT2D eigenvalue weighted by Gasteiger charge is 2.39. The van der Waals surface area contributed by atoms with Gasteiger partial charge in [-0.05, 0) is 42.3 Å². The van der Waals surface area contributed by atoms with Gasteiger partial charge in [-0.25, -0.2) is 8.78 Å². The third kappa shape index (κ3) is 9.53. The number of halogens is 11. The van der Waals surface area contributed by atoms with Crippen LogP contribution in [0.25, 0.3) is 6.08 Å². The lowest BCUT2D eigenvalue weighted by atomic mass is 9.96. The van der Waals surface area contributed by atoms with Crippen LogP contribution in [0.3, 0.4) is 0 Å². The number of thioether (sulfide) groups is 1. The molecule has 1 N–H and O–H groups in total. The van der Waals surface area contributed by atoms with Crippen molar-refractivity contribution in [1.29, 1.82) is 0 Å². The fourth-order valence-electron chi connectivity index (χ4n) is 3.14. The summed E-state index contributed by atoms with van der Waals surface area (Å²) in [7, 11) is 0. The SMILES string of the molecule is CC(CSCC(F)(F)F)NC(=O)c1ccc(/C=C/C(c2cc(Cl)c(Cl)c(Cl)c2)C(F)(F)F)cc1C(F)F. The smallest absolute Gasteiger partial charge is 0.349 e. The van der Waals surface area contributed by atoms with Crippen molar-refractivity contribution in [2.45, 2.75) is 37.7 Å². The Morgan fingerprint density at radius 3 is 2.14 bits per heavy atom. The Labute approximate surface area is 226 Å². The zero-order valence-electron chi connectivity index (χ0n) is 18.7. The van der Waals surface area contributed by atoms with Crippen molar-refractivity contribution in [3.05, 3.63) is 73.7 Å². The second-order valence-electron chi connectivity index (χ2n) is 7.83.